The summed E-state index contributed by atoms with van der Waals surface area (Å²) in [5.74, 6) is 0.506. The Morgan fingerprint density at radius 1 is 1.44 bits per heavy atom. The number of fused-ring (bicyclic) bond motifs is 1. The van der Waals surface area contributed by atoms with Crippen molar-refractivity contribution in [2.24, 2.45) is 5.92 Å². The first-order valence-electron chi connectivity index (χ1n) is 6.17. The second-order valence-electron chi connectivity index (χ2n) is 4.72. The van der Waals surface area contributed by atoms with Gasteiger partial charge in [-0.05, 0) is 53.8 Å². The third-order valence-electron chi connectivity index (χ3n) is 3.26. The van der Waals surface area contributed by atoms with Crippen LogP contribution in [-0.4, -0.2) is 12.5 Å². The molecular weight excluding hydrogens is 266 g/mol. The van der Waals surface area contributed by atoms with E-state index < -0.39 is 0 Å². The van der Waals surface area contributed by atoms with Crippen LogP contribution in [0.4, 0.5) is 0 Å². The lowest BCUT2D eigenvalue weighted by molar-refractivity contribution is -0.122. The van der Waals surface area contributed by atoms with Crippen molar-refractivity contribution in [3.8, 4) is 0 Å². The van der Waals surface area contributed by atoms with Crippen LogP contribution in [0.25, 0.3) is 10.1 Å². The number of carbonyl (C=O) groups is 1. The molecule has 0 radical (unpaired) electrons. The molecule has 2 nitrogen and oxygen atoms in total. The third kappa shape index (κ3) is 2.52. The van der Waals surface area contributed by atoms with Crippen LogP contribution >= 0.6 is 22.9 Å². The molecule has 0 unspecified atom stereocenters. The Morgan fingerprint density at radius 2 is 2.28 bits per heavy atom. The van der Waals surface area contributed by atoms with Gasteiger partial charge in [-0.15, -0.1) is 11.3 Å². The largest absolute Gasteiger partial charge is 0.356 e. The van der Waals surface area contributed by atoms with Crippen LogP contribution in [0.5, 0.6) is 0 Å². The van der Waals surface area contributed by atoms with Gasteiger partial charge in [0.1, 0.15) is 0 Å². The fraction of sp³-hybridized carbons (Fsp3) is 0.357. The van der Waals surface area contributed by atoms with Gasteiger partial charge < -0.3 is 5.32 Å². The number of amides is 1. The molecule has 1 aromatic carbocycles. The van der Waals surface area contributed by atoms with Crippen LogP contribution < -0.4 is 5.32 Å². The average molecular weight is 280 g/mol. The van der Waals surface area contributed by atoms with Gasteiger partial charge >= 0.3 is 0 Å². The van der Waals surface area contributed by atoms with E-state index in [1.807, 2.05) is 12.1 Å². The Hall–Kier alpha value is -1.06. The maximum absolute atomic E-state index is 11.5. The van der Waals surface area contributed by atoms with Gasteiger partial charge in [0.2, 0.25) is 5.91 Å². The van der Waals surface area contributed by atoms with Crippen LogP contribution in [0.2, 0.25) is 5.02 Å². The molecular formula is C14H14ClNOS. The van der Waals surface area contributed by atoms with E-state index in [1.54, 1.807) is 11.3 Å². The van der Waals surface area contributed by atoms with Gasteiger partial charge in [0.15, 0.2) is 0 Å². The summed E-state index contributed by atoms with van der Waals surface area (Å²) < 4.78 is 1.25. The first kappa shape index (κ1) is 12.0. The predicted molar refractivity (Wildman–Crippen MR) is 76.3 cm³/mol. The first-order chi connectivity index (χ1) is 8.74. The normalized spacial score (nSPS) is 14.9. The predicted octanol–water partition coefficient (Wildman–Crippen LogP) is 3.62. The van der Waals surface area contributed by atoms with Gasteiger partial charge in [0, 0.05) is 22.2 Å². The minimum absolute atomic E-state index is 0.215. The maximum Gasteiger partial charge on any atom is 0.223 e. The van der Waals surface area contributed by atoms with E-state index in [9.17, 15) is 4.79 Å². The second kappa shape index (κ2) is 4.90. The SMILES string of the molecule is O=C(NCCc1csc2ccc(Cl)cc12)C1CC1. The summed E-state index contributed by atoms with van der Waals surface area (Å²) in [4.78, 5) is 11.5. The minimum atomic E-state index is 0.215. The summed E-state index contributed by atoms with van der Waals surface area (Å²) in [6.07, 6.45) is 2.99. The fourth-order valence-electron chi connectivity index (χ4n) is 2.06. The molecule has 1 saturated carbocycles. The van der Waals surface area contributed by atoms with Crippen LogP contribution in [0.1, 0.15) is 18.4 Å². The highest BCUT2D eigenvalue weighted by Gasteiger charge is 2.29. The Kier molecular flexibility index (Phi) is 3.27. The minimum Gasteiger partial charge on any atom is -0.356 e. The zero-order valence-electron chi connectivity index (χ0n) is 9.91. The molecule has 1 aliphatic rings. The molecule has 18 heavy (non-hydrogen) atoms. The molecule has 1 heterocycles. The third-order valence-corrected chi connectivity index (χ3v) is 4.50. The molecule has 0 atom stereocenters. The van der Waals surface area contributed by atoms with Crippen LogP contribution in [0.3, 0.4) is 0 Å². The molecule has 3 rings (SSSR count). The van der Waals surface area contributed by atoms with Crippen molar-refractivity contribution in [2.75, 3.05) is 6.54 Å². The van der Waals surface area contributed by atoms with Crippen molar-refractivity contribution < 1.29 is 4.79 Å². The summed E-state index contributed by atoms with van der Waals surface area (Å²) in [7, 11) is 0. The van der Waals surface area contributed by atoms with Crippen molar-refractivity contribution in [2.45, 2.75) is 19.3 Å². The number of hydrogen-bond donors (Lipinski definition) is 1. The number of nitrogens with one attached hydrogen (secondary N) is 1. The molecule has 2 aromatic rings. The summed E-state index contributed by atoms with van der Waals surface area (Å²) in [6, 6.07) is 5.97. The lowest BCUT2D eigenvalue weighted by Gasteiger charge is -2.03. The smallest absolute Gasteiger partial charge is 0.223 e. The molecule has 1 aliphatic carbocycles. The highest BCUT2D eigenvalue weighted by molar-refractivity contribution is 7.17. The van der Waals surface area contributed by atoms with Crippen LogP contribution in [-0.2, 0) is 11.2 Å². The van der Waals surface area contributed by atoms with Crippen molar-refractivity contribution in [3.05, 3.63) is 34.2 Å². The number of rotatable bonds is 4. The molecule has 1 fully saturated rings. The Labute approximate surface area is 115 Å². The lowest BCUT2D eigenvalue weighted by atomic mass is 10.1. The zero-order valence-corrected chi connectivity index (χ0v) is 11.5. The van der Waals surface area contributed by atoms with Crippen molar-refractivity contribution in [1.82, 2.24) is 5.32 Å². The molecule has 0 aliphatic heterocycles. The van der Waals surface area contributed by atoms with E-state index in [1.165, 1.54) is 15.6 Å². The monoisotopic (exact) mass is 279 g/mol. The second-order valence-corrected chi connectivity index (χ2v) is 6.06. The highest BCUT2D eigenvalue weighted by atomic mass is 35.5. The van der Waals surface area contributed by atoms with E-state index in [2.05, 4.69) is 16.8 Å². The molecule has 4 heteroatoms. The number of carbonyl (C=O) groups excluding carboxylic acids is 1. The van der Waals surface area contributed by atoms with E-state index in [-0.39, 0.29) is 5.91 Å². The average Bonchev–Trinajstić information content (AvgIpc) is 3.13. The highest BCUT2D eigenvalue weighted by Crippen LogP contribution is 2.30. The first-order valence-corrected chi connectivity index (χ1v) is 7.43. The lowest BCUT2D eigenvalue weighted by Crippen LogP contribution is -2.26. The summed E-state index contributed by atoms with van der Waals surface area (Å²) >= 11 is 7.75. The summed E-state index contributed by atoms with van der Waals surface area (Å²) in [5.41, 5.74) is 1.27. The van der Waals surface area contributed by atoms with Gasteiger partial charge in [-0.1, -0.05) is 11.6 Å². The van der Waals surface area contributed by atoms with Crippen LogP contribution in [0.15, 0.2) is 23.6 Å². The molecule has 1 amide bonds. The van der Waals surface area contributed by atoms with E-state index >= 15 is 0 Å². The van der Waals surface area contributed by atoms with Gasteiger partial charge in [-0.25, -0.2) is 0 Å². The Morgan fingerprint density at radius 3 is 3.06 bits per heavy atom. The molecule has 0 spiro atoms. The number of thiophene rings is 1. The van der Waals surface area contributed by atoms with Crippen molar-refractivity contribution in [1.29, 1.82) is 0 Å². The summed E-state index contributed by atoms with van der Waals surface area (Å²) in [5, 5.41) is 7.14. The van der Waals surface area contributed by atoms with Crippen molar-refractivity contribution >= 4 is 38.9 Å². The Bertz CT molecular complexity index is 588. The van der Waals surface area contributed by atoms with E-state index in [0.29, 0.717) is 12.5 Å². The van der Waals surface area contributed by atoms with Gasteiger partial charge in [0.05, 0.1) is 0 Å². The molecule has 94 valence electrons. The number of halogens is 1. The number of benzene rings is 1. The van der Waals surface area contributed by atoms with Gasteiger partial charge in [-0.3, -0.25) is 4.79 Å². The zero-order chi connectivity index (χ0) is 12.5. The van der Waals surface area contributed by atoms with Crippen molar-refractivity contribution in [3.63, 3.8) is 0 Å². The molecule has 0 bridgehead atoms. The molecule has 1 aromatic heterocycles. The van der Waals surface area contributed by atoms with E-state index in [0.717, 1.165) is 24.3 Å². The Balaban J connectivity index is 1.66. The quantitative estimate of drug-likeness (QED) is 0.910. The van der Waals surface area contributed by atoms with E-state index in [4.69, 9.17) is 11.6 Å². The topological polar surface area (TPSA) is 29.1 Å². The fourth-order valence-corrected chi connectivity index (χ4v) is 3.21. The standard InChI is InChI=1S/C14H14ClNOS/c15-11-3-4-13-12(7-11)10(8-18-13)5-6-16-14(17)9-1-2-9/h3-4,7-9H,1-2,5-6H2,(H,16,17). The maximum atomic E-state index is 11.5. The summed E-state index contributed by atoms with van der Waals surface area (Å²) in [6.45, 7) is 0.716. The molecule has 1 N–H and O–H groups in total. The van der Waals surface area contributed by atoms with Gasteiger partial charge in [-0.2, -0.15) is 0 Å². The number of hydrogen-bond acceptors (Lipinski definition) is 2. The van der Waals surface area contributed by atoms with Gasteiger partial charge in [0.25, 0.3) is 0 Å². The molecule has 0 saturated heterocycles. The van der Waals surface area contributed by atoms with Crippen LogP contribution in [0, 0.1) is 5.92 Å².